The third-order valence-electron chi connectivity index (χ3n) is 2.87. The van der Waals surface area contributed by atoms with E-state index in [-0.39, 0.29) is 12.0 Å². The van der Waals surface area contributed by atoms with Crippen LogP contribution in [0, 0.1) is 0 Å². The Morgan fingerprint density at radius 3 is 2.61 bits per heavy atom. The van der Waals surface area contributed by atoms with Crippen molar-refractivity contribution in [2.45, 2.75) is 20.0 Å². The molecule has 23 heavy (non-hydrogen) atoms. The quantitative estimate of drug-likeness (QED) is 0.657. The van der Waals surface area contributed by atoms with E-state index in [2.05, 4.69) is 15.5 Å². The number of amides is 1. The van der Waals surface area contributed by atoms with Gasteiger partial charge in [-0.3, -0.25) is 9.78 Å². The van der Waals surface area contributed by atoms with Gasteiger partial charge < -0.3 is 9.47 Å². The first kappa shape index (κ1) is 16.5. The minimum atomic E-state index is -0.296. The Morgan fingerprint density at radius 1 is 1.22 bits per heavy atom. The molecule has 0 aliphatic carbocycles. The number of pyridine rings is 1. The van der Waals surface area contributed by atoms with Gasteiger partial charge in [-0.2, -0.15) is 5.10 Å². The lowest BCUT2D eigenvalue weighted by atomic mass is 10.2. The largest absolute Gasteiger partial charge is 0.493 e. The van der Waals surface area contributed by atoms with Crippen LogP contribution in [0.15, 0.2) is 47.8 Å². The number of hydrogen-bond donors (Lipinski definition) is 1. The summed E-state index contributed by atoms with van der Waals surface area (Å²) >= 11 is 0. The Hall–Kier alpha value is -2.89. The van der Waals surface area contributed by atoms with Crippen molar-refractivity contribution in [1.29, 1.82) is 0 Å². The van der Waals surface area contributed by atoms with Crippen LogP contribution in [0.25, 0.3) is 0 Å². The molecule has 0 saturated heterocycles. The van der Waals surface area contributed by atoms with Crippen molar-refractivity contribution in [3.63, 3.8) is 0 Å². The predicted octanol–water partition coefficient (Wildman–Crippen LogP) is 2.64. The Labute approximate surface area is 135 Å². The molecule has 1 N–H and O–H groups in total. The summed E-state index contributed by atoms with van der Waals surface area (Å²) in [6, 6.07) is 8.67. The van der Waals surface area contributed by atoms with Gasteiger partial charge in [0.2, 0.25) is 0 Å². The van der Waals surface area contributed by atoms with Gasteiger partial charge >= 0.3 is 0 Å². The van der Waals surface area contributed by atoms with Crippen LogP contribution in [0.4, 0.5) is 0 Å². The SMILES string of the molecule is COc1cc(/C=N\NC(=O)c2ccncc2)ccc1OC(C)C. The fourth-order valence-corrected chi connectivity index (χ4v) is 1.85. The molecule has 0 radical (unpaired) electrons. The maximum absolute atomic E-state index is 11.8. The second kappa shape index (κ2) is 7.93. The van der Waals surface area contributed by atoms with Crippen molar-refractivity contribution >= 4 is 12.1 Å². The lowest BCUT2D eigenvalue weighted by Gasteiger charge is -2.13. The van der Waals surface area contributed by atoms with E-state index in [0.29, 0.717) is 17.1 Å². The van der Waals surface area contributed by atoms with Gasteiger partial charge in [-0.25, -0.2) is 5.43 Å². The molecular formula is C17H19N3O3. The highest BCUT2D eigenvalue weighted by Crippen LogP contribution is 2.28. The molecule has 1 heterocycles. The van der Waals surface area contributed by atoms with E-state index >= 15 is 0 Å². The van der Waals surface area contributed by atoms with E-state index in [1.807, 2.05) is 26.0 Å². The van der Waals surface area contributed by atoms with Gasteiger partial charge in [-0.1, -0.05) is 0 Å². The summed E-state index contributed by atoms with van der Waals surface area (Å²) in [6.07, 6.45) is 4.71. The van der Waals surface area contributed by atoms with E-state index in [0.717, 1.165) is 5.56 Å². The number of methoxy groups -OCH3 is 1. The minimum absolute atomic E-state index is 0.0584. The molecule has 0 bridgehead atoms. The van der Waals surface area contributed by atoms with Gasteiger partial charge in [0, 0.05) is 18.0 Å². The number of nitrogens with zero attached hydrogens (tertiary/aromatic N) is 2. The molecule has 0 atom stereocenters. The highest BCUT2D eigenvalue weighted by Gasteiger charge is 2.07. The first-order valence-electron chi connectivity index (χ1n) is 7.18. The summed E-state index contributed by atoms with van der Waals surface area (Å²) in [6.45, 7) is 3.90. The second-order valence-corrected chi connectivity index (χ2v) is 5.01. The smallest absolute Gasteiger partial charge is 0.271 e. The van der Waals surface area contributed by atoms with Crippen LogP contribution in [-0.4, -0.2) is 30.3 Å². The normalized spacial score (nSPS) is 10.8. The molecule has 1 aromatic carbocycles. The van der Waals surface area contributed by atoms with Crippen LogP contribution < -0.4 is 14.9 Å². The monoisotopic (exact) mass is 313 g/mol. The molecule has 0 fully saturated rings. The molecule has 6 nitrogen and oxygen atoms in total. The fraction of sp³-hybridized carbons (Fsp3) is 0.235. The van der Waals surface area contributed by atoms with Crippen LogP contribution in [0.5, 0.6) is 11.5 Å². The molecule has 2 rings (SSSR count). The van der Waals surface area contributed by atoms with Gasteiger partial charge in [-0.05, 0) is 49.7 Å². The van der Waals surface area contributed by atoms with Crippen molar-refractivity contribution in [1.82, 2.24) is 10.4 Å². The summed E-state index contributed by atoms with van der Waals surface area (Å²) in [5, 5.41) is 3.94. The van der Waals surface area contributed by atoms with Crippen molar-refractivity contribution in [2.24, 2.45) is 5.10 Å². The first-order chi connectivity index (χ1) is 11.1. The van der Waals surface area contributed by atoms with Crippen LogP contribution in [-0.2, 0) is 0 Å². The minimum Gasteiger partial charge on any atom is -0.493 e. The van der Waals surface area contributed by atoms with Crippen molar-refractivity contribution in [3.05, 3.63) is 53.9 Å². The predicted molar refractivity (Wildman–Crippen MR) is 88.1 cm³/mol. The van der Waals surface area contributed by atoms with Crippen molar-refractivity contribution < 1.29 is 14.3 Å². The molecule has 0 aliphatic heterocycles. The number of aromatic nitrogens is 1. The van der Waals surface area contributed by atoms with E-state index < -0.39 is 0 Å². The molecule has 120 valence electrons. The summed E-state index contributed by atoms with van der Waals surface area (Å²) in [5.41, 5.74) is 3.74. The molecule has 0 spiro atoms. The molecule has 0 aliphatic rings. The summed E-state index contributed by atoms with van der Waals surface area (Å²) in [4.78, 5) is 15.7. The zero-order valence-corrected chi connectivity index (χ0v) is 13.3. The molecule has 2 aromatic rings. The number of carbonyl (C=O) groups is 1. The molecule has 6 heteroatoms. The van der Waals surface area contributed by atoms with E-state index in [1.165, 1.54) is 0 Å². The first-order valence-corrected chi connectivity index (χ1v) is 7.18. The van der Waals surface area contributed by atoms with Gasteiger partial charge in [0.25, 0.3) is 5.91 Å². The Kier molecular flexibility index (Phi) is 5.68. The number of carbonyl (C=O) groups excluding carboxylic acids is 1. The zero-order valence-electron chi connectivity index (χ0n) is 13.3. The van der Waals surface area contributed by atoms with Gasteiger partial charge in [0.15, 0.2) is 11.5 Å². The number of hydrogen-bond acceptors (Lipinski definition) is 5. The average molecular weight is 313 g/mol. The van der Waals surface area contributed by atoms with Crippen LogP contribution >= 0.6 is 0 Å². The standard InChI is InChI=1S/C17H19N3O3/c1-12(2)23-15-5-4-13(10-16(15)22-3)11-19-20-17(21)14-6-8-18-9-7-14/h4-12H,1-3H3,(H,20,21)/b19-11-. The molecule has 1 amide bonds. The van der Waals surface area contributed by atoms with Crippen molar-refractivity contribution in [2.75, 3.05) is 7.11 Å². The summed E-state index contributed by atoms with van der Waals surface area (Å²) < 4.78 is 10.9. The van der Waals surface area contributed by atoms with Crippen molar-refractivity contribution in [3.8, 4) is 11.5 Å². The maximum atomic E-state index is 11.8. The number of ether oxygens (including phenoxy) is 2. The Bertz CT molecular complexity index is 685. The fourth-order valence-electron chi connectivity index (χ4n) is 1.85. The lowest BCUT2D eigenvalue weighted by Crippen LogP contribution is -2.17. The molecule has 1 aromatic heterocycles. The Balaban J connectivity index is 2.03. The summed E-state index contributed by atoms with van der Waals surface area (Å²) in [5.74, 6) is 0.985. The van der Waals surface area contributed by atoms with E-state index in [9.17, 15) is 4.79 Å². The third-order valence-corrected chi connectivity index (χ3v) is 2.87. The van der Waals surface area contributed by atoms with Crippen LogP contribution in [0.3, 0.4) is 0 Å². The maximum Gasteiger partial charge on any atom is 0.271 e. The Morgan fingerprint density at radius 2 is 1.96 bits per heavy atom. The van der Waals surface area contributed by atoms with Gasteiger partial charge in [0.05, 0.1) is 19.4 Å². The molecule has 0 saturated carbocycles. The number of nitrogens with one attached hydrogen (secondary N) is 1. The zero-order chi connectivity index (χ0) is 16.7. The number of benzene rings is 1. The van der Waals surface area contributed by atoms with Crippen LogP contribution in [0.2, 0.25) is 0 Å². The highest BCUT2D eigenvalue weighted by molar-refractivity contribution is 5.94. The molecule has 0 unspecified atom stereocenters. The topological polar surface area (TPSA) is 72.8 Å². The summed E-state index contributed by atoms with van der Waals surface area (Å²) in [7, 11) is 1.58. The molecular weight excluding hydrogens is 294 g/mol. The number of rotatable bonds is 6. The highest BCUT2D eigenvalue weighted by atomic mass is 16.5. The second-order valence-electron chi connectivity index (χ2n) is 5.01. The lowest BCUT2D eigenvalue weighted by molar-refractivity contribution is 0.0955. The van der Waals surface area contributed by atoms with E-state index in [1.54, 1.807) is 43.9 Å². The average Bonchev–Trinajstić information content (AvgIpc) is 2.56. The third kappa shape index (κ3) is 4.81. The van der Waals surface area contributed by atoms with Gasteiger partial charge in [-0.15, -0.1) is 0 Å². The van der Waals surface area contributed by atoms with Gasteiger partial charge in [0.1, 0.15) is 0 Å². The van der Waals surface area contributed by atoms with Crippen LogP contribution in [0.1, 0.15) is 29.8 Å². The van der Waals surface area contributed by atoms with E-state index in [4.69, 9.17) is 9.47 Å². The number of hydrazone groups is 1.